The van der Waals surface area contributed by atoms with Crippen LogP contribution in [0.5, 0.6) is 5.75 Å². The van der Waals surface area contributed by atoms with Crippen molar-refractivity contribution in [3.63, 3.8) is 0 Å². The van der Waals surface area contributed by atoms with Gasteiger partial charge in [-0.1, -0.05) is 127 Å². The lowest BCUT2D eigenvalue weighted by molar-refractivity contribution is -0.577. The first-order chi connectivity index (χ1) is 18.4. The molecule has 0 aliphatic heterocycles. The van der Waals surface area contributed by atoms with Crippen LogP contribution >= 0.6 is 0 Å². The zero-order valence-corrected chi connectivity index (χ0v) is 24.2. The highest BCUT2D eigenvalue weighted by atomic mass is 16.3. The van der Waals surface area contributed by atoms with Crippen LogP contribution in [0.3, 0.4) is 0 Å². The largest absolute Gasteiger partial charge is 0.502 e. The maximum Gasteiger partial charge on any atom is 0.198 e. The summed E-state index contributed by atoms with van der Waals surface area (Å²) in [5, 5.41) is 26.7. The van der Waals surface area contributed by atoms with Gasteiger partial charge in [-0.15, -0.1) is 0 Å². The van der Waals surface area contributed by atoms with Crippen molar-refractivity contribution in [2.24, 2.45) is 5.10 Å². The lowest BCUT2D eigenvalue weighted by Crippen LogP contribution is -2.72. The first-order valence-corrected chi connectivity index (χ1v) is 15.1. The van der Waals surface area contributed by atoms with Crippen LogP contribution in [-0.2, 0) is 0 Å². The van der Waals surface area contributed by atoms with E-state index in [1.165, 1.54) is 69.8 Å². The Morgan fingerprint density at radius 1 is 0.789 bits per heavy atom. The summed E-state index contributed by atoms with van der Waals surface area (Å²) in [5.41, 5.74) is 5.89. The third-order valence-corrected chi connectivity index (χ3v) is 7.98. The lowest BCUT2D eigenvalue weighted by atomic mass is 9.87. The monoisotopic (exact) mass is 516 g/mol. The van der Waals surface area contributed by atoms with E-state index in [-0.39, 0.29) is 0 Å². The summed E-state index contributed by atoms with van der Waals surface area (Å²) >= 11 is 0. The topological polar surface area (TPSA) is 73.0 Å². The van der Waals surface area contributed by atoms with Crippen LogP contribution in [0.1, 0.15) is 128 Å². The number of nitrogens with two attached hydrogens (primary N) is 1. The minimum Gasteiger partial charge on any atom is -0.502 e. The third-order valence-electron chi connectivity index (χ3n) is 7.98. The molecule has 1 aliphatic rings. The first-order valence-electron chi connectivity index (χ1n) is 15.1. The van der Waals surface area contributed by atoms with E-state index >= 15 is 0 Å². The third kappa shape index (κ3) is 8.66. The molecule has 0 bridgehead atoms. The molecule has 0 saturated carbocycles. The Bertz CT molecular complexity index is 1200. The Morgan fingerprint density at radius 2 is 1.37 bits per heavy atom. The van der Waals surface area contributed by atoms with E-state index in [0.29, 0.717) is 29.0 Å². The van der Waals surface area contributed by atoms with Crippen LogP contribution in [0.15, 0.2) is 41.5 Å². The van der Waals surface area contributed by atoms with E-state index in [1.54, 1.807) is 5.43 Å². The standard InChI is InChI=1S/C34H49N3O/c1-5-7-9-11-13-17-25(3)29-21-30(26(4)18-14-12-10-8-6-2)34(38)33(24-29)37-36-32-23-28-20-16-15-19-27(28)22-31(32)35/h15-16,19-26,35,37-38H,5-14,17-18H2,1-4H3/p+1. The molecular weight excluding hydrogens is 466 g/mol. The van der Waals surface area contributed by atoms with E-state index < -0.39 is 0 Å². The quantitative estimate of drug-likeness (QED) is 0.0715. The molecule has 4 N–H and O–H groups in total. The van der Waals surface area contributed by atoms with Crippen molar-refractivity contribution in [1.29, 1.82) is 5.41 Å². The average Bonchev–Trinajstić information content (AvgIpc) is 2.92. The van der Waals surface area contributed by atoms with Crippen molar-refractivity contribution in [3.8, 4) is 5.75 Å². The zero-order valence-electron chi connectivity index (χ0n) is 24.2. The molecule has 2 aromatic rings. The van der Waals surface area contributed by atoms with Crippen LogP contribution in [0.2, 0.25) is 0 Å². The number of aromatic hydroxyl groups is 1. The molecule has 2 unspecified atom stereocenters. The fourth-order valence-corrected chi connectivity index (χ4v) is 5.37. The van der Waals surface area contributed by atoms with Crippen molar-refractivity contribution >= 4 is 29.3 Å². The number of hydrogen-bond acceptors (Lipinski definition) is 3. The molecule has 3 rings (SSSR count). The Hall–Kier alpha value is -2.72. The Morgan fingerprint density at radius 3 is 2.00 bits per heavy atom. The van der Waals surface area contributed by atoms with Crippen LogP contribution in [0.25, 0.3) is 12.2 Å². The molecule has 206 valence electrons. The highest BCUT2D eigenvalue weighted by molar-refractivity contribution is 6.60. The minimum atomic E-state index is 0.299. The molecule has 2 aromatic carbocycles. The van der Waals surface area contributed by atoms with Crippen molar-refractivity contribution < 1.29 is 10.5 Å². The number of fused-ring (bicyclic) bond motifs is 1. The highest BCUT2D eigenvalue weighted by Crippen LogP contribution is 2.37. The molecule has 0 saturated heterocycles. The fraction of sp³-hybridized carbons (Fsp3) is 0.529. The summed E-state index contributed by atoms with van der Waals surface area (Å²) in [6.07, 6.45) is 18.8. The number of nitrogens with one attached hydrogen (secondary N) is 1. The number of nitrogens with zero attached hydrogens (tertiary/aromatic N) is 1. The SMILES string of the molecule is CCCCCCCC(C)c1cc([NH2+]N=C2C=c3ccccc3=CC2=N)c(O)c(C(C)CCCCCCC)c1. The van der Waals surface area contributed by atoms with Gasteiger partial charge in [0, 0.05) is 11.6 Å². The molecule has 4 nitrogen and oxygen atoms in total. The van der Waals surface area contributed by atoms with E-state index in [4.69, 9.17) is 10.5 Å². The predicted molar refractivity (Wildman–Crippen MR) is 163 cm³/mol. The minimum absolute atomic E-state index is 0.299. The van der Waals surface area contributed by atoms with Gasteiger partial charge in [0.2, 0.25) is 0 Å². The molecule has 4 heteroatoms. The molecule has 0 fully saturated rings. The summed E-state index contributed by atoms with van der Waals surface area (Å²) in [5.74, 6) is 1.08. The van der Waals surface area contributed by atoms with E-state index in [0.717, 1.165) is 34.5 Å². The number of benzene rings is 2. The summed E-state index contributed by atoms with van der Waals surface area (Å²) in [4.78, 5) is 0. The van der Waals surface area contributed by atoms with Gasteiger partial charge in [-0.05, 0) is 52.8 Å². The number of hydrogen-bond donors (Lipinski definition) is 3. The second-order valence-corrected chi connectivity index (χ2v) is 11.2. The number of unbranched alkanes of at least 4 members (excludes halogenated alkanes) is 8. The van der Waals surface area contributed by atoms with Gasteiger partial charge in [0.05, 0.1) is 5.71 Å². The van der Waals surface area contributed by atoms with Gasteiger partial charge >= 0.3 is 0 Å². The molecule has 2 atom stereocenters. The average molecular weight is 517 g/mol. The van der Waals surface area contributed by atoms with Crippen molar-refractivity contribution in [2.75, 3.05) is 0 Å². The van der Waals surface area contributed by atoms with Gasteiger partial charge < -0.3 is 5.11 Å². The molecule has 0 radical (unpaired) electrons. The van der Waals surface area contributed by atoms with Crippen molar-refractivity contribution in [3.05, 3.63) is 58.0 Å². The van der Waals surface area contributed by atoms with Crippen molar-refractivity contribution in [2.45, 2.75) is 117 Å². The first kappa shape index (κ1) is 29.8. The maximum absolute atomic E-state index is 11.4. The van der Waals surface area contributed by atoms with E-state index in [2.05, 4.69) is 39.8 Å². The molecule has 38 heavy (non-hydrogen) atoms. The van der Waals surface area contributed by atoms with E-state index in [1.807, 2.05) is 36.4 Å². The second-order valence-electron chi connectivity index (χ2n) is 11.2. The number of rotatable bonds is 16. The smallest absolute Gasteiger partial charge is 0.198 e. The Kier molecular flexibility index (Phi) is 12.3. The predicted octanol–water partition coefficient (Wildman–Crippen LogP) is 7.17. The van der Waals surface area contributed by atoms with Crippen LogP contribution in [-0.4, -0.2) is 16.5 Å². The molecule has 0 spiro atoms. The van der Waals surface area contributed by atoms with Gasteiger partial charge in [0.1, 0.15) is 5.71 Å². The second kappa shape index (κ2) is 15.6. The number of phenols is 1. The van der Waals surface area contributed by atoms with Gasteiger partial charge in [-0.2, -0.15) is 5.43 Å². The normalized spacial score (nSPS) is 15.6. The lowest BCUT2D eigenvalue weighted by Gasteiger charge is -2.19. The summed E-state index contributed by atoms with van der Waals surface area (Å²) in [6.45, 7) is 9.08. The van der Waals surface area contributed by atoms with Gasteiger partial charge in [-0.3, -0.25) is 5.41 Å². The molecule has 0 amide bonds. The Balaban J connectivity index is 1.83. The van der Waals surface area contributed by atoms with Crippen LogP contribution < -0.4 is 15.9 Å². The van der Waals surface area contributed by atoms with Gasteiger partial charge in [0.25, 0.3) is 0 Å². The maximum atomic E-state index is 11.4. The highest BCUT2D eigenvalue weighted by Gasteiger charge is 2.21. The van der Waals surface area contributed by atoms with Gasteiger partial charge in [-0.25, -0.2) is 0 Å². The van der Waals surface area contributed by atoms with Gasteiger partial charge in [0.15, 0.2) is 11.4 Å². The summed E-state index contributed by atoms with van der Waals surface area (Å²) < 4.78 is 0. The Labute approximate surface area is 230 Å². The molecular formula is C34H50N3O+. The van der Waals surface area contributed by atoms with Crippen LogP contribution in [0, 0.1) is 5.41 Å². The zero-order chi connectivity index (χ0) is 27.3. The molecule has 0 aromatic heterocycles. The van der Waals surface area contributed by atoms with Crippen molar-refractivity contribution in [1.82, 2.24) is 0 Å². The number of phenolic OH excluding ortho intramolecular Hbond substituents is 1. The summed E-state index contributed by atoms with van der Waals surface area (Å²) in [6, 6.07) is 12.5. The van der Waals surface area contributed by atoms with E-state index in [9.17, 15) is 5.11 Å². The fourth-order valence-electron chi connectivity index (χ4n) is 5.37. The number of quaternary nitrogens is 1. The molecule has 0 heterocycles. The summed E-state index contributed by atoms with van der Waals surface area (Å²) in [7, 11) is 0. The van der Waals surface area contributed by atoms with Crippen LogP contribution in [0.4, 0.5) is 5.69 Å². The molecule has 1 aliphatic carbocycles.